The molecule has 5 aliphatic rings. The van der Waals surface area contributed by atoms with Crippen molar-refractivity contribution in [3.8, 4) is 16.9 Å². The molecule has 0 saturated carbocycles. The normalized spacial score (nSPS) is 31.9. The Labute approximate surface area is 464 Å². The lowest BCUT2D eigenvalue weighted by Gasteiger charge is -2.47. The summed E-state index contributed by atoms with van der Waals surface area (Å²) in [5.41, 5.74) is 2.32. The minimum atomic E-state index is -4.52. The first-order chi connectivity index (χ1) is 33.6. The molecule has 2 aromatic carbocycles. The molecular formula is C53H90Cl3N4O10PS3. The number of sulfone groups is 3. The Kier molecular flexibility index (Phi) is 25.1. The van der Waals surface area contributed by atoms with E-state index in [9.17, 15) is 39.6 Å². The molecule has 0 radical (unpaired) electrons. The second kappa shape index (κ2) is 28.4. The molecule has 5 fully saturated rings. The van der Waals surface area contributed by atoms with Crippen LogP contribution in [0.5, 0.6) is 5.75 Å². The van der Waals surface area contributed by atoms with Crippen molar-refractivity contribution < 1.29 is 100 Å². The first-order valence-electron chi connectivity index (χ1n) is 27.4. The van der Waals surface area contributed by atoms with Crippen molar-refractivity contribution in [3.63, 3.8) is 0 Å². The summed E-state index contributed by atoms with van der Waals surface area (Å²) in [5, 5.41) is 0. The molecule has 3 N–H and O–H groups in total. The zero-order chi connectivity index (χ0) is 51.1. The zero-order valence-corrected chi connectivity index (χ0v) is 50.3. The van der Waals surface area contributed by atoms with Gasteiger partial charge in [0.15, 0.2) is 37.1 Å². The van der Waals surface area contributed by atoms with E-state index in [-0.39, 0.29) is 107 Å². The van der Waals surface area contributed by atoms with Crippen LogP contribution in [0, 0.1) is 47.3 Å². The van der Waals surface area contributed by atoms with E-state index in [1.165, 1.54) is 36.4 Å². The van der Waals surface area contributed by atoms with E-state index in [0.29, 0.717) is 62.6 Å². The number of quaternary nitrogens is 4. The van der Waals surface area contributed by atoms with Gasteiger partial charge in [0.2, 0.25) is 0 Å². The quantitative estimate of drug-likeness (QED) is 0.0467. The van der Waals surface area contributed by atoms with Crippen LogP contribution < -0.4 is 56.7 Å². The van der Waals surface area contributed by atoms with Crippen molar-refractivity contribution in [1.82, 2.24) is 0 Å². The van der Waals surface area contributed by atoms with Crippen molar-refractivity contribution in [3.05, 3.63) is 54.6 Å². The Balaban J connectivity index is 0.00000395. The van der Waals surface area contributed by atoms with E-state index in [0.717, 1.165) is 91.5 Å². The van der Waals surface area contributed by atoms with E-state index >= 15 is 0 Å². The third-order valence-electron chi connectivity index (χ3n) is 18.0. The van der Waals surface area contributed by atoms with Crippen molar-refractivity contribution >= 4 is 37.1 Å². The molecule has 0 bridgehead atoms. The Hall–Kier alpha value is -1.05. The second-order valence-corrected chi connectivity index (χ2v) is 31.7. The number of nitrogens with zero attached hydrogens (tertiary/aromatic N) is 2. The van der Waals surface area contributed by atoms with Gasteiger partial charge in [0.1, 0.15) is 38.2 Å². The molecule has 0 aliphatic carbocycles. The zero-order valence-electron chi connectivity index (χ0n) is 44.6. The van der Waals surface area contributed by atoms with Crippen LogP contribution >= 0.6 is 7.60 Å². The van der Waals surface area contributed by atoms with Crippen molar-refractivity contribution in [2.45, 2.75) is 79.1 Å². The van der Waals surface area contributed by atoms with Gasteiger partial charge in [0.05, 0.1) is 94.3 Å². The van der Waals surface area contributed by atoms with Crippen molar-refractivity contribution in [2.75, 3.05) is 132 Å². The fraction of sp³-hybridized carbons (Fsp3) is 0.774. The molecule has 426 valence electrons. The van der Waals surface area contributed by atoms with Crippen LogP contribution in [0.1, 0.15) is 79.1 Å². The maximum absolute atomic E-state index is 14.6. The van der Waals surface area contributed by atoms with Gasteiger partial charge in [-0.3, -0.25) is 0 Å². The predicted molar refractivity (Wildman–Crippen MR) is 281 cm³/mol. The summed E-state index contributed by atoms with van der Waals surface area (Å²) < 4.78 is 104. The monoisotopic (exact) mass is 1170 g/mol. The third kappa shape index (κ3) is 18.5. The number of nitrogens with one attached hydrogen (secondary N) is 2. The highest BCUT2D eigenvalue weighted by Gasteiger charge is 2.55. The van der Waals surface area contributed by atoms with Crippen LogP contribution in [0.15, 0.2) is 54.6 Å². The van der Waals surface area contributed by atoms with Gasteiger partial charge in [0.25, 0.3) is 0 Å². The van der Waals surface area contributed by atoms with Gasteiger partial charge in [-0.25, -0.2) is 25.3 Å². The van der Waals surface area contributed by atoms with Gasteiger partial charge in [-0.15, -0.1) is 0 Å². The average molecular weight is 1180 g/mol. The van der Waals surface area contributed by atoms with Crippen LogP contribution in [-0.4, -0.2) is 172 Å². The van der Waals surface area contributed by atoms with Crippen LogP contribution in [0.4, 0.5) is 0 Å². The number of benzene rings is 2. The van der Waals surface area contributed by atoms with E-state index in [1.807, 2.05) is 37.3 Å². The Morgan fingerprint density at radius 2 is 1.00 bits per heavy atom. The molecule has 5 saturated heterocycles. The average Bonchev–Trinajstić information content (AvgIpc) is 4.06. The van der Waals surface area contributed by atoms with Gasteiger partial charge < -0.3 is 75.1 Å². The maximum atomic E-state index is 14.6. The lowest BCUT2D eigenvalue weighted by molar-refractivity contribution is -1.02. The van der Waals surface area contributed by atoms with E-state index in [1.54, 1.807) is 6.92 Å². The van der Waals surface area contributed by atoms with Gasteiger partial charge in [0, 0.05) is 53.1 Å². The predicted octanol–water partition coefficient (Wildman–Crippen LogP) is -5.91. The topological polar surface area (TPSA) is 181 Å². The highest BCUT2D eigenvalue weighted by Crippen LogP contribution is 2.40. The molecular weight excluding hydrogens is 1090 g/mol. The smallest absolute Gasteiger partial charge is 0.187 e. The largest absolute Gasteiger partial charge is 1.00 e. The summed E-state index contributed by atoms with van der Waals surface area (Å²) in [6.07, 6.45) is 7.49. The number of hydrogen-bond donors (Lipinski definition) is 3. The molecule has 74 heavy (non-hydrogen) atoms. The molecule has 2 aromatic rings. The van der Waals surface area contributed by atoms with Crippen molar-refractivity contribution in [2.24, 2.45) is 47.3 Å². The lowest BCUT2D eigenvalue weighted by Crippen LogP contribution is -3.10. The summed E-state index contributed by atoms with van der Waals surface area (Å²) >= 11 is 0. The standard InChI is InChI=1S/C53H87N4O10PS3.3ClH/c1-5-16-47-29-55(42-68(58,59)60)32-48(47)38-70(63,64)40-51-35-57(26-24-56(25-27-57)33-43(6-2)44(7-3)34-56)36-52(51)41-71(65,66)39-50-31-54(30-49(50)37-69(61,62)8-4)23-14-9-10-15-28-67-53-21-19-46(20-22-53)45-17-12-11-13-18-45;;;/h11-13,17-22,43-44,47-52H,5-10,14-16,23-42H2,1-4H3;3*1H. The second-order valence-electron chi connectivity index (χ2n) is 23.4. The molecule has 5 heterocycles. The number of ether oxygens (including phenoxy) is 1. The summed E-state index contributed by atoms with van der Waals surface area (Å²) in [5.74, 6) is 0.591. The molecule has 21 heteroatoms. The number of likely N-dealkylation sites (tertiary alicyclic amines) is 2. The van der Waals surface area contributed by atoms with Crippen LogP contribution in [0.25, 0.3) is 11.1 Å². The summed E-state index contributed by atoms with van der Waals surface area (Å²) in [4.78, 5) is 23.4. The maximum Gasteiger partial charge on any atom is 0.187 e. The minimum Gasteiger partial charge on any atom is -1.00 e. The third-order valence-corrected chi connectivity index (χ3v) is 24.4. The van der Waals surface area contributed by atoms with E-state index in [4.69, 9.17) is 4.74 Å². The SMILES string of the molecule is CCCC1C[NH+](CP(=O)([O-])O)CC1CS(=O)(=O)CC1C[N+]2(CC[N+]3(CC2)CC(CC)C(CC)C3)CC1CS(=O)(=O)CC1C[NH+](CCCCCCOc2ccc(-c3ccccc3)cc2)CC1CS(=O)(=O)CC.[Cl-].[Cl-].[Cl-]. The van der Waals surface area contributed by atoms with Gasteiger partial charge in [-0.1, -0.05) is 76.6 Å². The molecule has 11 atom stereocenters. The Morgan fingerprint density at radius 1 is 0.568 bits per heavy atom. The highest BCUT2D eigenvalue weighted by molar-refractivity contribution is 7.92. The molecule has 0 amide bonds. The van der Waals surface area contributed by atoms with Crippen LogP contribution in [0.3, 0.4) is 0 Å². The molecule has 7 rings (SSSR count). The minimum absolute atomic E-state index is 0. The summed E-state index contributed by atoms with van der Waals surface area (Å²) in [7, 11) is -15.2. The first-order valence-corrected chi connectivity index (χ1v) is 34.7. The number of piperazine rings is 1. The molecule has 0 aromatic heterocycles. The molecule has 2 spiro atoms. The van der Waals surface area contributed by atoms with Crippen LogP contribution in [-0.2, 0) is 34.1 Å². The first kappa shape index (κ1) is 65.5. The van der Waals surface area contributed by atoms with Gasteiger partial charge in [-0.05, 0) is 68.2 Å². The number of unbranched alkanes of at least 4 members (excludes halogenated alkanes) is 3. The number of halogens is 3. The van der Waals surface area contributed by atoms with E-state index in [2.05, 4.69) is 38.1 Å². The van der Waals surface area contributed by atoms with Gasteiger partial charge >= 0.3 is 0 Å². The Morgan fingerprint density at radius 3 is 1.49 bits per heavy atom. The van der Waals surface area contributed by atoms with Crippen molar-refractivity contribution in [1.29, 1.82) is 0 Å². The lowest BCUT2D eigenvalue weighted by atomic mass is 9.92. The molecule has 11 unspecified atom stereocenters. The van der Waals surface area contributed by atoms with E-state index < -0.39 is 43.4 Å². The fourth-order valence-electron chi connectivity index (χ4n) is 14.3. The Bertz CT molecular complexity index is 2400. The number of rotatable bonds is 26. The summed E-state index contributed by atoms with van der Waals surface area (Å²) in [6, 6.07) is 18.4. The molecule has 14 nitrogen and oxygen atoms in total. The fourth-order valence-corrected chi connectivity index (χ4v) is 20.9. The highest BCUT2D eigenvalue weighted by atomic mass is 35.5. The molecule has 5 aliphatic heterocycles. The number of hydrogen-bond acceptors (Lipinski definition) is 9. The van der Waals surface area contributed by atoms with Crippen LogP contribution in [0.2, 0.25) is 0 Å². The van der Waals surface area contributed by atoms with Gasteiger partial charge in [-0.2, -0.15) is 0 Å². The summed E-state index contributed by atoms with van der Waals surface area (Å²) in [6.45, 7) is 19.5.